The molecule has 0 unspecified atom stereocenters. The average molecular weight is 874 g/mol. The molecule has 0 amide bonds. The van der Waals surface area contributed by atoms with Gasteiger partial charge in [0.25, 0.3) is 0 Å². The van der Waals surface area contributed by atoms with E-state index in [1.807, 2.05) is 111 Å². The van der Waals surface area contributed by atoms with Crippen LogP contribution in [-0.2, 0) is 0 Å². The fourth-order valence-corrected chi connectivity index (χ4v) is 8.71. The first-order valence-electron chi connectivity index (χ1n) is 22.6. The molecule has 0 aliphatic heterocycles. The summed E-state index contributed by atoms with van der Waals surface area (Å²) < 4.78 is 0. The number of aromatic nitrogens is 7. The van der Waals surface area contributed by atoms with Crippen molar-refractivity contribution in [1.29, 1.82) is 0 Å². The van der Waals surface area contributed by atoms with Crippen LogP contribution in [0.15, 0.2) is 224 Å². The molecule has 11 aromatic rings. The highest BCUT2D eigenvalue weighted by Gasteiger charge is 2.20. The van der Waals surface area contributed by atoms with Crippen LogP contribution in [0.1, 0.15) is 11.4 Å². The van der Waals surface area contributed by atoms with Crippen LogP contribution >= 0.6 is 0 Å². The highest BCUT2D eigenvalue weighted by molar-refractivity contribution is 5.94. The number of hydrogen-bond acceptors (Lipinski definition) is 7. The molecule has 0 saturated carbocycles. The highest BCUT2D eigenvalue weighted by atomic mass is 15.0. The van der Waals surface area contributed by atoms with Crippen molar-refractivity contribution in [2.45, 2.75) is 13.8 Å². The molecule has 0 radical (unpaired) electrons. The van der Waals surface area contributed by atoms with Gasteiger partial charge in [0, 0.05) is 50.3 Å². The first-order chi connectivity index (χ1) is 33.5. The van der Waals surface area contributed by atoms with Crippen molar-refractivity contribution in [2.75, 3.05) is 0 Å². The average Bonchev–Trinajstić information content (AvgIpc) is 3.41. The van der Waals surface area contributed by atoms with Crippen LogP contribution in [0.4, 0.5) is 0 Å². The maximum absolute atomic E-state index is 5.32. The predicted octanol–water partition coefficient (Wildman–Crippen LogP) is 14.7. The summed E-state index contributed by atoms with van der Waals surface area (Å²) in [6.07, 6.45) is 0. The second-order valence-corrected chi connectivity index (χ2v) is 16.6. The number of benzene rings is 8. The fraction of sp³-hybridized carbons (Fsp3) is 0.0328. The standard InChI is InChI=1S/C61H43N7/c1-40-37-41(2)63-61(62-40)56-51(43-33-35-47(36-34-43)59-67-57(45-23-11-5-12-24-45)66-58(68-59)46-25-13-6-14-26-46)31-18-32-52(56)48-27-17-28-49(38-48)55-39-54(44-21-9-4-10-22-44)64-60(65-55)53-30-16-15-29-50(53)42-19-7-3-8-20-42/h3-39H,1-2H3. The largest absolute Gasteiger partial charge is 0.233 e. The summed E-state index contributed by atoms with van der Waals surface area (Å²) in [6, 6.07) is 76.7. The maximum Gasteiger partial charge on any atom is 0.164 e. The van der Waals surface area contributed by atoms with Crippen molar-refractivity contribution in [3.05, 3.63) is 236 Å². The maximum atomic E-state index is 5.32. The van der Waals surface area contributed by atoms with Crippen LogP contribution in [-0.4, -0.2) is 34.9 Å². The van der Waals surface area contributed by atoms with Crippen molar-refractivity contribution < 1.29 is 0 Å². The molecule has 0 N–H and O–H groups in total. The molecular weight excluding hydrogens is 831 g/mol. The van der Waals surface area contributed by atoms with Gasteiger partial charge in [-0.15, -0.1) is 0 Å². The molecule has 0 saturated heterocycles. The second-order valence-electron chi connectivity index (χ2n) is 16.6. The van der Waals surface area contributed by atoms with Crippen molar-refractivity contribution in [3.8, 4) is 113 Å². The Balaban J connectivity index is 1.03. The van der Waals surface area contributed by atoms with Gasteiger partial charge in [-0.05, 0) is 65.4 Å². The first kappa shape index (κ1) is 41.6. The van der Waals surface area contributed by atoms with Crippen molar-refractivity contribution in [3.63, 3.8) is 0 Å². The molecule has 322 valence electrons. The van der Waals surface area contributed by atoms with Gasteiger partial charge in [-0.1, -0.05) is 206 Å². The topological polar surface area (TPSA) is 90.2 Å². The van der Waals surface area contributed by atoms with Gasteiger partial charge in [0.15, 0.2) is 29.1 Å². The SMILES string of the molecule is Cc1cc(C)nc(-c2c(-c3ccc(-c4nc(-c5ccccc5)nc(-c5ccccc5)n4)cc3)cccc2-c2cccc(-c3cc(-c4ccccc4)nc(-c4ccccc4-c4ccccc4)n3)c2)n1. The minimum absolute atomic E-state index is 0.597. The lowest BCUT2D eigenvalue weighted by atomic mass is 9.90. The summed E-state index contributed by atoms with van der Waals surface area (Å²) in [5, 5.41) is 0. The molecule has 0 fully saturated rings. The molecule has 68 heavy (non-hydrogen) atoms. The van der Waals surface area contributed by atoms with Gasteiger partial charge in [-0.2, -0.15) is 0 Å². The predicted molar refractivity (Wildman–Crippen MR) is 275 cm³/mol. The minimum atomic E-state index is 0.597. The van der Waals surface area contributed by atoms with Gasteiger partial charge in [-0.25, -0.2) is 34.9 Å². The Hall–Kier alpha value is -9.07. The van der Waals surface area contributed by atoms with E-state index in [1.165, 1.54) is 0 Å². The summed E-state index contributed by atoms with van der Waals surface area (Å²) in [5.41, 5.74) is 16.3. The van der Waals surface area contributed by atoms with Crippen LogP contribution in [0.5, 0.6) is 0 Å². The zero-order valence-electron chi connectivity index (χ0n) is 37.5. The number of rotatable bonds is 10. The van der Waals surface area contributed by atoms with E-state index >= 15 is 0 Å². The third-order valence-corrected chi connectivity index (χ3v) is 11.9. The Kier molecular flexibility index (Phi) is 11.3. The zero-order valence-corrected chi connectivity index (χ0v) is 37.5. The van der Waals surface area contributed by atoms with Gasteiger partial charge >= 0.3 is 0 Å². The molecule has 0 aliphatic carbocycles. The Morgan fingerprint density at radius 3 is 1.18 bits per heavy atom. The van der Waals surface area contributed by atoms with Gasteiger partial charge < -0.3 is 0 Å². The highest BCUT2D eigenvalue weighted by Crippen LogP contribution is 2.41. The molecule has 0 spiro atoms. The summed E-state index contributed by atoms with van der Waals surface area (Å²) in [4.78, 5) is 35.5. The molecular formula is C61H43N7. The van der Waals surface area contributed by atoms with E-state index in [-0.39, 0.29) is 0 Å². The second kappa shape index (κ2) is 18.4. The number of aryl methyl sites for hydroxylation is 2. The lowest BCUT2D eigenvalue weighted by molar-refractivity contribution is 1.06. The van der Waals surface area contributed by atoms with Gasteiger partial charge in [0.05, 0.1) is 11.4 Å². The van der Waals surface area contributed by atoms with E-state index in [1.54, 1.807) is 0 Å². The zero-order chi connectivity index (χ0) is 45.8. The normalized spacial score (nSPS) is 11.1. The van der Waals surface area contributed by atoms with Crippen LogP contribution in [0.3, 0.4) is 0 Å². The van der Waals surface area contributed by atoms with E-state index in [2.05, 4.69) is 127 Å². The molecule has 11 rings (SSSR count). The summed E-state index contributed by atoms with van der Waals surface area (Å²) in [5.74, 6) is 3.15. The van der Waals surface area contributed by atoms with Gasteiger partial charge in [0.1, 0.15) is 0 Å². The summed E-state index contributed by atoms with van der Waals surface area (Å²) in [6.45, 7) is 4.04. The Morgan fingerprint density at radius 1 is 0.221 bits per heavy atom. The van der Waals surface area contributed by atoms with E-state index in [0.717, 1.165) is 95.1 Å². The van der Waals surface area contributed by atoms with Crippen molar-refractivity contribution >= 4 is 0 Å². The molecule has 3 heterocycles. The molecule has 0 atom stereocenters. The molecule has 8 aromatic carbocycles. The smallest absolute Gasteiger partial charge is 0.164 e. The van der Waals surface area contributed by atoms with E-state index < -0.39 is 0 Å². The van der Waals surface area contributed by atoms with E-state index in [4.69, 9.17) is 34.9 Å². The van der Waals surface area contributed by atoms with Gasteiger partial charge in [-0.3, -0.25) is 0 Å². The van der Waals surface area contributed by atoms with Crippen LogP contribution in [0.25, 0.3) is 113 Å². The Bertz CT molecular complexity index is 3480. The lowest BCUT2D eigenvalue weighted by Gasteiger charge is -2.17. The van der Waals surface area contributed by atoms with Gasteiger partial charge in [0.2, 0.25) is 0 Å². The minimum Gasteiger partial charge on any atom is -0.233 e. The third-order valence-electron chi connectivity index (χ3n) is 11.9. The lowest BCUT2D eigenvalue weighted by Crippen LogP contribution is -2.00. The first-order valence-corrected chi connectivity index (χ1v) is 22.6. The monoisotopic (exact) mass is 873 g/mol. The van der Waals surface area contributed by atoms with Crippen LogP contribution in [0, 0.1) is 13.8 Å². The van der Waals surface area contributed by atoms with Crippen LogP contribution in [0.2, 0.25) is 0 Å². The van der Waals surface area contributed by atoms with Crippen LogP contribution < -0.4 is 0 Å². The van der Waals surface area contributed by atoms with E-state index in [9.17, 15) is 0 Å². The number of nitrogens with zero attached hydrogens (tertiary/aromatic N) is 7. The van der Waals surface area contributed by atoms with Crippen molar-refractivity contribution in [2.24, 2.45) is 0 Å². The van der Waals surface area contributed by atoms with Crippen molar-refractivity contribution in [1.82, 2.24) is 34.9 Å². The quantitative estimate of drug-likeness (QED) is 0.135. The fourth-order valence-electron chi connectivity index (χ4n) is 8.71. The molecule has 3 aromatic heterocycles. The molecule has 7 heteroatoms. The molecule has 7 nitrogen and oxygen atoms in total. The molecule has 0 bridgehead atoms. The van der Waals surface area contributed by atoms with E-state index in [0.29, 0.717) is 29.1 Å². The summed E-state index contributed by atoms with van der Waals surface area (Å²) in [7, 11) is 0. The molecule has 0 aliphatic rings. The summed E-state index contributed by atoms with van der Waals surface area (Å²) >= 11 is 0. The Morgan fingerprint density at radius 2 is 0.603 bits per heavy atom. The third kappa shape index (κ3) is 8.60. The Labute approximate surface area is 395 Å². The number of hydrogen-bond donors (Lipinski definition) is 0.